The summed E-state index contributed by atoms with van der Waals surface area (Å²) in [4.78, 5) is 13.0. The maximum Gasteiger partial charge on any atom is 0.324 e. The fourth-order valence-corrected chi connectivity index (χ4v) is 3.71. The molecule has 0 saturated heterocycles. The van der Waals surface area contributed by atoms with E-state index in [1.165, 1.54) is 0 Å². The van der Waals surface area contributed by atoms with E-state index in [1.54, 1.807) is 4.68 Å². The number of carbonyl (C=O) groups excluding carboxylic acids is 1. The molecular weight excluding hydrogens is 412 g/mol. The normalized spacial score (nSPS) is 12.5. The standard InChI is InChI=1S/C27H30N4O2/c1-18(17-32)20-11-7-12-21(15-20)31-25(16-24(30-31)27(2,3)4)29-26(33)28-23-14-8-10-19-9-5-6-13-22(19)23/h5-16,18,32H,17H2,1-4H3,(H2,28,29,33). The van der Waals surface area contributed by atoms with Crippen molar-refractivity contribution < 1.29 is 9.90 Å². The average molecular weight is 443 g/mol. The lowest BCUT2D eigenvalue weighted by atomic mass is 9.92. The third-order valence-electron chi connectivity index (χ3n) is 5.71. The van der Waals surface area contributed by atoms with Crippen molar-refractivity contribution in [2.45, 2.75) is 39.0 Å². The van der Waals surface area contributed by atoms with E-state index in [0.29, 0.717) is 5.82 Å². The van der Waals surface area contributed by atoms with Gasteiger partial charge in [0.2, 0.25) is 0 Å². The topological polar surface area (TPSA) is 79.2 Å². The van der Waals surface area contributed by atoms with Crippen LogP contribution in [0.1, 0.15) is 44.9 Å². The molecular formula is C27H30N4O2. The van der Waals surface area contributed by atoms with Crippen molar-refractivity contribution in [3.05, 3.63) is 84.1 Å². The second kappa shape index (κ2) is 9.08. The van der Waals surface area contributed by atoms with Crippen LogP contribution in [0.3, 0.4) is 0 Å². The predicted molar refractivity (Wildman–Crippen MR) is 134 cm³/mol. The highest BCUT2D eigenvalue weighted by Crippen LogP contribution is 2.28. The van der Waals surface area contributed by atoms with Crippen LogP contribution in [0, 0.1) is 0 Å². The summed E-state index contributed by atoms with van der Waals surface area (Å²) in [6.07, 6.45) is 0. The van der Waals surface area contributed by atoms with Crippen LogP contribution < -0.4 is 10.6 Å². The van der Waals surface area contributed by atoms with Crippen molar-refractivity contribution in [2.75, 3.05) is 17.2 Å². The molecule has 0 spiro atoms. The highest BCUT2D eigenvalue weighted by Gasteiger charge is 2.22. The molecule has 0 saturated carbocycles. The van der Waals surface area contributed by atoms with Crippen LogP contribution in [-0.2, 0) is 5.41 Å². The first-order chi connectivity index (χ1) is 15.8. The summed E-state index contributed by atoms with van der Waals surface area (Å²) in [5, 5.41) is 22.4. The van der Waals surface area contributed by atoms with Gasteiger partial charge >= 0.3 is 6.03 Å². The van der Waals surface area contributed by atoms with E-state index in [1.807, 2.05) is 79.7 Å². The summed E-state index contributed by atoms with van der Waals surface area (Å²) in [5.41, 5.74) is 3.25. The maximum atomic E-state index is 13.0. The minimum absolute atomic E-state index is 0.00803. The van der Waals surface area contributed by atoms with Gasteiger partial charge < -0.3 is 10.4 Å². The van der Waals surface area contributed by atoms with Crippen LogP contribution in [0.25, 0.3) is 16.5 Å². The van der Waals surface area contributed by atoms with Crippen molar-refractivity contribution in [2.24, 2.45) is 0 Å². The third-order valence-corrected chi connectivity index (χ3v) is 5.71. The van der Waals surface area contributed by atoms with Gasteiger partial charge in [0, 0.05) is 29.4 Å². The zero-order chi connectivity index (χ0) is 23.6. The van der Waals surface area contributed by atoms with Crippen LogP contribution in [0.2, 0.25) is 0 Å². The number of rotatable bonds is 5. The minimum Gasteiger partial charge on any atom is -0.396 e. The van der Waals surface area contributed by atoms with Gasteiger partial charge in [0.05, 0.1) is 17.1 Å². The highest BCUT2D eigenvalue weighted by molar-refractivity contribution is 6.06. The molecule has 0 radical (unpaired) electrons. The molecule has 0 aliphatic heterocycles. The molecule has 4 aromatic rings. The number of benzene rings is 3. The van der Waals surface area contributed by atoms with Crippen LogP contribution in [0.5, 0.6) is 0 Å². The Balaban J connectivity index is 1.67. The molecule has 2 amide bonds. The van der Waals surface area contributed by atoms with E-state index in [4.69, 9.17) is 5.10 Å². The Morgan fingerprint density at radius 2 is 1.73 bits per heavy atom. The fourth-order valence-electron chi connectivity index (χ4n) is 3.71. The zero-order valence-electron chi connectivity index (χ0n) is 19.5. The van der Waals surface area contributed by atoms with Gasteiger partial charge in [-0.3, -0.25) is 5.32 Å². The first-order valence-electron chi connectivity index (χ1n) is 11.1. The number of nitrogens with one attached hydrogen (secondary N) is 2. The van der Waals surface area contributed by atoms with E-state index in [-0.39, 0.29) is 24.0 Å². The quantitative estimate of drug-likeness (QED) is 0.351. The lowest BCUT2D eigenvalue weighted by molar-refractivity contribution is 0.262. The molecule has 0 bridgehead atoms. The van der Waals surface area contributed by atoms with Crippen molar-refractivity contribution >= 4 is 28.3 Å². The van der Waals surface area contributed by atoms with Crippen LogP contribution in [-0.4, -0.2) is 27.5 Å². The Bertz CT molecular complexity index is 1280. The summed E-state index contributed by atoms with van der Waals surface area (Å²) in [6.45, 7) is 8.30. The summed E-state index contributed by atoms with van der Waals surface area (Å²) in [7, 11) is 0. The van der Waals surface area contributed by atoms with E-state index in [9.17, 15) is 9.90 Å². The molecule has 1 unspecified atom stereocenters. The number of aliphatic hydroxyl groups is 1. The van der Waals surface area contributed by atoms with Gasteiger partial charge in [0.1, 0.15) is 5.82 Å². The lowest BCUT2D eigenvalue weighted by Gasteiger charge is -2.15. The van der Waals surface area contributed by atoms with E-state index < -0.39 is 0 Å². The molecule has 1 atom stereocenters. The van der Waals surface area contributed by atoms with E-state index in [2.05, 4.69) is 31.4 Å². The first-order valence-corrected chi connectivity index (χ1v) is 11.1. The molecule has 4 rings (SSSR count). The first kappa shape index (κ1) is 22.6. The summed E-state index contributed by atoms with van der Waals surface area (Å²) in [5.74, 6) is 0.583. The SMILES string of the molecule is CC(CO)c1cccc(-n2nc(C(C)(C)C)cc2NC(=O)Nc2cccc3ccccc23)c1. The Labute approximate surface area is 194 Å². The summed E-state index contributed by atoms with van der Waals surface area (Å²) >= 11 is 0. The van der Waals surface area contributed by atoms with E-state index in [0.717, 1.165) is 33.4 Å². The van der Waals surface area contributed by atoms with Crippen LogP contribution in [0.15, 0.2) is 72.8 Å². The fraction of sp³-hybridized carbons (Fsp3) is 0.259. The Morgan fingerprint density at radius 3 is 2.48 bits per heavy atom. The van der Waals surface area contributed by atoms with Gasteiger partial charge in [0.15, 0.2) is 0 Å². The summed E-state index contributed by atoms with van der Waals surface area (Å²) in [6, 6.07) is 23.2. The summed E-state index contributed by atoms with van der Waals surface area (Å²) < 4.78 is 1.75. The van der Waals surface area contributed by atoms with E-state index >= 15 is 0 Å². The minimum atomic E-state index is -0.340. The monoisotopic (exact) mass is 442 g/mol. The highest BCUT2D eigenvalue weighted by atomic mass is 16.3. The number of carbonyl (C=O) groups is 1. The number of aromatic nitrogens is 2. The Hall–Kier alpha value is -3.64. The number of amides is 2. The van der Waals surface area contributed by atoms with Crippen LogP contribution >= 0.6 is 0 Å². The number of hydrogen-bond acceptors (Lipinski definition) is 3. The van der Waals surface area contributed by atoms with Gasteiger partial charge in [-0.2, -0.15) is 5.10 Å². The van der Waals surface area contributed by atoms with Crippen molar-refractivity contribution in [1.82, 2.24) is 9.78 Å². The third kappa shape index (κ3) is 4.91. The van der Waals surface area contributed by atoms with Gasteiger partial charge in [-0.1, -0.05) is 76.2 Å². The van der Waals surface area contributed by atoms with Gasteiger partial charge in [-0.15, -0.1) is 0 Å². The van der Waals surface area contributed by atoms with Crippen molar-refractivity contribution in [3.63, 3.8) is 0 Å². The number of nitrogens with zero attached hydrogens (tertiary/aromatic N) is 2. The van der Waals surface area contributed by atoms with Gasteiger partial charge in [-0.05, 0) is 29.1 Å². The molecule has 0 aliphatic rings. The zero-order valence-corrected chi connectivity index (χ0v) is 19.5. The van der Waals surface area contributed by atoms with Crippen molar-refractivity contribution in [3.8, 4) is 5.69 Å². The lowest BCUT2D eigenvalue weighted by Crippen LogP contribution is -2.21. The average Bonchev–Trinajstić information content (AvgIpc) is 3.23. The molecule has 0 aliphatic carbocycles. The number of urea groups is 1. The predicted octanol–water partition coefficient (Wildman–Crippen LogP) is 6.06. The maximum absolute atomic E-state index is 13.0. The molecule has 3 aromatic carbocycles. The molecule has 0 fully saturated rings. The van der Waals surface area contributed by atoms with Gasteiger partial charge in [-0.25, -0.2) is 9.48 Å². The molecule has 6 heteroatoms. The largest absolute Gasteiger partial charge is 0.396 e. The number of aliphatic hydroxyl groups excluding tert-OH is 1. The number of fused-ring (bicyclic) bond motifs is 1. The van der Waals surface area contributed by atoms with Crippen molar-refractivity contribution in [1.29, 1.82) is 0 Å². The molecule has 6 nitrogen and oxygen atoms in total. The second-order valence-corrected chi connectivity index (χ2v) is 9.36. The molecule has 1 aromatic heterocycles. The van der Waals surface area contributed by atoms with Crippen LogP contribution in [0.4, 0.5) is 16.3 Å². The number of anilines is 2. The molecule has 33 heavy (non-hydrogen) atoms. The number of hydrogen-bond donors (Lipinski definition) is 3. The smallest absolute Gasteiger partial charge is 0.324 e. The Kier molecular flexibility index (Phi) is 6.20. The second-order valence-electron chi connectivity index (χ2n) is 9.36. The molecule has 1 heterocycles. The Morgan fingerprint density at radius 1 is 1.00 bits per heavy atom. The molecule has 3 N–H and O–H groups in total. The molecule has 170 valence electrons. The van der Waals surface area contributed by atoms with Gasteiger partial charge in [0.25, 0.3) is 0 Å².